The predicted octanol–water partition coefficient (Wildman–Crippen LogP) is 5.15. The highest BCUT2D eigenvalue weighted by molar-refractivity contribution is 6.44. The van der Waals surface area contributed by atoms with Gasteiger partial charge in [0.05, 0.1) is 15.7 Å². The summed E-state index contributed by atoms with van der Waals surface area (Å²) in [5.41, 5.74) is 3.18. The summed E-state index contributed by atoms with van der Waals surface area (Å²) in [5.74, 6) is 0.0449. The number of nitrogens with one attached hydrogen (secondary N) is 1. The predicted molar refractivity (Wildman–Crippen MR) is 104 cm³/mol. The Bertz CT molecular complexity index is 738. The van der Waals surface area contributed by atoms with Crippen LogP contribution in [0.3, 0.4) is 0 Å². The van der Waals surface area contributed by atoms with Gasteiger partial charge in [-0.1, -0.05) is 59.1 Å². The third-order valence-corrected chi connectivity index (χ3v) is 5.51. The summed E-state index contributed by atoms with van der Waals surface area (Å²) in [6.07, 6.45) is 1.71. The minimum Gasteiger partial charge on any atom is -0.324 e. The van der Waals surface area contributed by atoms with Crippen LogP contribution in [0.2, 0.25) is 10.0 Å². The summed E-state index contributed by atoms with van der Waals surface area (Å²) in [6, 6.07) is 13.9. The molecule has 25 heavy (non-hydrogen) atoms. The third-order valence-electron chi connectivity index (χ3n) is 4.69. The van der Waals surface area contributed by atoms with Crippen LogP contribution in [-0.2, 0) is 11.3 Å². The summed E-state index contributed by atoms with van der Waals surface area (Å²) in [7, 11) is 0. The highest BCUT2D eigenvalue weighted by Crippen LogP contribution is 2.30. The van der Waals surface area contributed by atoms with Gasteiger partial charge >= 0.3 is 0 Å². The number of amides is 1. The standard InChI is InChI=1S/C20H22Cl2N2O/c1-14-5-7-15(8-6-14)13-24-11-9-16(10-12-24)20(25)23-18-4-2-3-17(21)19(18)22/h2-8,16H,9-13H2,1H3,(H,23,25). The SMILES string of the molecule is Cc1ccc(CN2CCC(C(=O)Nc3cccc(Cl)c3Cl)CC2)cc1. The molecule has 0 aliphatic carbocycles. The first kappa shape index (κ1) is 18.2. The van der Waals surface area contributed by atoms with Crippen molar-refractivity contribution < 1.29 is 4.79 Å². The van der Waals surface area contributed by atoms with Crippen LogP contribution >= 0.6 is 23.2 Å². The number of halogens is 2. The normalized spacial score (nSPS) is 16.0. The maximum Gasteiger partial charge on any atom is 0.227 e. The second kappa shape index (κ2) is 8.22. The van der Waals surface area contributed by atoms with E-state index in [1.807, 2.05) is 0 Å². The fourth-order valence-corrected chi connectivity index (χ4v) is 3.49. The van der Waals surface area contributed by atoms with Crippen molar-refractivity contribution in [1.29, 1.82) is 0 Å². The van der Waals surface area contributed by atoms with E-state index in [4.69, 9.17) is 23.2 Å². The fourth-order valence-electron chi connectivity index (χ4n) is 3.14. The molecular weight excluding hydrogens is 355 g/mol. The van der Waals surface area contributed by atoms with Crippen LogP contribution in [0, 0.1) is 12.8 Å². The highest BCUT2D eigenvalue weighted by atomic mass is 35.5. The fraction of sp³-hybridized carbons (Fsp3) is 0.350. The zero-order chi connectivity index (χ0) is 17.8. The lowest BCUT2D eigenvalue weighted by Gasteiger charge is -2.31. The van der Waals surface area contributed by atoms with Crippen molar-refractivity contribution in [2.24, 2.45) is 5.92 Å². The van der Waals surface area contributed by atoms with Crippen LogP contribution in [-0.4, -0.2) is 23.9 Å². The Hall–Kier alpha value is -1.55. The monoisotopic (exact) mass is 376 g/mol. The third kappa shape index (κ3) is 4.75. The zero-order valence-electron chi connectivity index (χ0n) is 14.3. The maximum atomic E-state index is 12.5. The van der Waals surface area contributed by atoms with Crippen LogP contribution in [0.1, 0.15) is 24.0 Å². The van der Waals surface area contributed by atoms with Gasteiger partial charge in [-0.05, 0) is 50.6 Å². The van der Waals surface area contributed by atoms with Gasteiger partial charge in [0, 0.05) is 12.5 Å². The molecule has 1 heterocycles. The number of rotatable bonds is 4. The average molecular weight is 377 g/mol. The number of aryl methyl sites for hydroxylation is 1. The lowest BCUT2D eigenvalue weighted by atomic mass is 9.95. The first-order valence-electron chi connectivity index (χ1n) is 8.55. The van der Waals surface area contributed by atoms with Gasteiger partial charge in [0.2, 0.25) is 5.91 Å². The molecule has 3 nitrogen and oxygen atoms in total. The number of piperidine rings is 1. The van der Waals surface area contributed by atoms with Gasteiger partial charge < -0.3 is 5.32 Å². The van der Waals surface area contributed by atoms with Crippen molar-refractivity contribution in [1.82, 2.24) is 4.90 Å². The molecule has 5 heteroatoms. The molecule has 132 valence electrons. The van der Waals surface area contributed by atoms with Crippen LogP contribution < -0.4 is 5.32 Å². The molecule has 1 saturated heterocycles. The smallest absolute Gasteiger partial charge is 0.227 e. The van der Waals surface area contributed by atoms with Crippen molar-refractivity contribution in [3.05, 3.63) is 63.6 Å². The van der Waals surface area contributed by atoms with Gasteiger partial charge in [0.25, 0.3) is 0 Å². The van der Waals surface area contributed by atoms with Crippen molar-refractivity contribution in [2.45, 2.75) is 26.3 Å². The summed E-state index contributed by atoms with van der Waals surface area (Å²) in [4.78, 5) is 14.9. The van der Waals surface area contributed by atoms with Gasteiger partial charge in [-0.3, -0.25) is 9.69 Å². The van der Waals surface area contributed by atoms with Gasteiger partial charge in [-0.25, -0.2) is 0 Å². The molecule has 0 radical (unpaired) electrons. The number of benzene rings is 2. The molecular formula is C20H22Cl2N2O. The Morgan fingerprint density at radius 1 is 1.12 bits per heavy atom. The van der Waals surface area contributed by atoms with Crippen LogP contribution in [0.15, 0.2) is 42.5 Å². The Balaban J connectivity index is 1.52. The summed E-state index contributed by atoms with van der Waals surface area (Å²) in [5, 5.41) is 3.77. The van der Waals surface area contributed by atoms with Crippen LogP contribution in [0.5, 0.6) is 0 Å². The Kier molecular flexibility index (Phi) is 6.00. The number of likely N-dealkylation sites (tertiary alicyclic amines) is 1. The van der Waals surface area contributed by atoms with E-state index in [9.17, 15) is 4.79 Å². The van der Waals surface area contributed by atoms with Crippen LogP contribution in [0.25, 0.3) is 0 Å². The van der Waals surface area contributed by atoms with Crippen LogP contribution in [0.4, 0.5) is 5.69 Å². The minimum absolute atomic E-state index is 0.0179. The number of hydrogen-bond acceptors (Lipinski definition) is 2. The van der Waals surface area contributed by atoms with Crippen molar-refractivity contribution in [3.63, 3.8) is 0 Å². The first-order chi connectivity index (χ1) is 12.0. The molecule has 1 amide bonds. The molecule has 1 fully saturated rings. The molecule has 2 aromatic rings. The molecule has 1 aliphatic rings. The number of nitrogens with zero attached hydrogens (tertiary/aromatic N) is 1. The first-order valence-corrected chi connectivity index (χ1v) is 9.31. The van der Waals surface area contributed by atoms with Crippen molar-refractivity contribution in [3.8, 4) is 0 Å². The topological polar surface area (TPSA) is 32.3 Å². The van der Waals surface area contributed by atoms with Crippen molar-refractivity contribution in [2.75, 3.05) is 18.4 Å². The molecule has 0 spiro atoms. The second-order valence-electron chi connectivity index (χ2n) is 6.63. The lowest BCUT2D eigenvalue weighted by Crippen LogP contribution is -2.37. The van der Waals surface area contributed by atoms with Gasteiger partial charge in [0.15, 0.2) is 0 Å². The molecule has 2 aromatic carbocycles. The van der Waals surface area contributed by atoms with E-state index in [-0.39, 0.29) is 11.8 Å². The molecule has 0 unspecified atom stereocenters. The number of carbonyl (C=O) groups excluding carboxylic acids is 1. The van der Waals surface area contributed by atoms with E-state index < -0.39 is 0 Å². The van der Waals surface area contributed by atoms with E-state index in [1.54, 1.807) is 18.2 Å². The summed E-state index contributed by atoms with van der Waals surface area (Å²) < 4.78 is 0. The Labute approximate surface area is 158 Å². The van der Waals surface area contributed by atoms with E-state index in [2.05, 4.69) is 41.4 Å². The van der Waals surface area contributed by atoms with E-state index in [0.29, 0.717) is 15.7 Å². The average Bonchev–Trinajstić information content (AvgIpc) is 2.61. The van der Waals surface area contributed by atoms with Gasteiger partial charge in [-0.2, -0.15) is 0 Å². The molecule has 0 saturated carbocycles. The van der Waals surface area contributed by atoms with E-state index in [0.717, 1.165) is 32.5 Å². The molecule has 1 N–H and O–H groups in total. The van der Waals surface area contributed by atoms with Gasteiger partial charge in [0.1, 0.15) is 0 Å². The summed E-state index contributed by atoms with van der Waals surface area (Å²) >= 11 is 12.1. The number of anilines is 1. The lowest BCUT2D eigenvalue weighted by molar-refractivity contribution is -0.121. The quantitative estimate of drug-likeness (QED) is 0.799. The zero-order valence-corrected chi connectivity index (χ0v) is 15.8. The molecule has 0 atom stereocenters. The number of hydrogen-bond donors (Lipinski definition) is 1. The molecule has 1 aliphatic heterocycles. The van der Waals surface area contributed by atoms with Crippen molar-refractivity contribution >= 4 is 34.8 Å². The number of carbonyl (C=O) groups is 1. The second-order valence-corrected chi connectivity index (χ2v) is 7.41. The summed E-state index contributed by atoms with van der Waals surface area (Å²) in [6.45, 7) is 4.89. The minimum atomic E-state index is 0.0179. The van der Waals surface area contributed by atoms with E-state index in [1.165, 1.54) is 11.1 Å². The molecule has 3 rings (SSSR count). The van der Waals surface area contributed by atoms with Gasteiger partial charge in [-0.15, -0.1) is 0 Å². The Morgan fingerprint density at radius 3 is 2.48 bits per heavy atom. The molecule has 0 aromatic heterocycles. The Morgan fingerprint density at radius 2 is 1.80 bits per heavy atom. The molecule has 0 bridgehead atoms. The largest absolute Gasteiger partial charge is 0.324 e. The maximum absolute atomic E-state index is 12.5. The highest BCUT2D eigenvalue weighted by Gasteiger charge is 2.25. The van der Waals surface area contributed by atoms with E-state index >= 15 is 0 Å².